The maximum atomic E-state index is 13.9. The summed E-state index contributed by atoms with van der Waals surface area (Å²) < 4.78 is 50.0. The zero-order valence-corrected chi connectivity index (χ0v) is 21.2. The van der Waals surface area contributed by atoms with Gasteiger partial charge in [0.25, 0.3) is 5.91 Å². The van der Waals surface area contributed by atoms with Crippen LogP contribution >= 0.6 is 0 Å². The molecule has 208 valence electrons. The molecule has 2 amide bonds. The van der Waals surface area contributed by atoms with E-state index in [1.165, 1.54) is 0 Å². The lowest BCUT2D eigenvalue weighted by Gasteiger charge is -2.37. The Morgan fingerprint density at radius 1 is 0.975 bits per heavy atom. The molecular formula is C29H26F2N2O7. The van der Waals surface area contributed by atoms with Crippen molar-refractivity contribution in [3.05, 3.63) is 82.9 Å². The summed E-state index contributed by atoms with van der Waals surface area (Å²) in [5.41, 5.74) is 1.85. The van der Waals surface area contributed by atoms with E-state index in [1.807, 2.05) is 6.07 Å². The van der Waals surface area contributed by atoms with Crippen LogP contribution in [0, 0.1) is 11.6 Å². The van der Waals surface area contributed by atoms with Crippen LogP contribution in [-0.2, 0) is 16.1 Å². The third-order valence-corrected chi connectivity index (χ3v) is 7.29. The van der Waals surface area contributed by atoms with Gasteiger partial charge in [0.2, 0.25) is 12.7 Å². The molecule has 0 radical (unpaired) electrons. The predicted molar refractivity (Wildman–Crippen MR) is 137 cm³/mol. The first-order valence-electron chi connectivity index (χ1n) is 12.9. The number of hydrogen-bond donors (Lipinski definition) is 3. The maximum absolute atomic E-state index is 13.9. The molecule has 1 saturated heterocycles. The number of aliphatic hydroxyl groups excluding tert-OH is 1. The first kappa shape index (κ1) is 26.0. The molecule has 3 aliphatic rings. The van der Waals surface area contributed by atoms with Crippen molar-refractivity contribution in [1.29, 1.82) is 0 Å². The van der Waals surface area contributed by atoms with Gasteiger partial charge >= 0.3 is 0 Å². The van der Waals surface area contributed by atoms with E-state index in [0.29, 0.717) is 34.9 Å². The van der Waals surface area contributed by atoms with Gasteiger partial charge in [-0.05, 0) is 61.0 Å². The minimum absolute atomic E-state index is 0.0352. The topological polar surface area (TPSA) is 115 Å². The number of benzene rings is 3. The highest BCUT2D eigenvalue weighted by molar-refractivity contribution is 6.04. The Labute approximate surface area is 228 Å². The molecule has 3 aliphatic heterocycles. The number of aliphatic hydroxyl groups is 1. The van der Waals surface area contributed by atoms with Gasteiger partial charge in [0.05, 0.1) is 19.1 Å². The fourth-order valence-electron chi connectivity index (χ4n) is 5.36. The van der Waals surface area contributed by atoms with E-state index in [9.17, 15) is 23.5 Å². The van der Waals surface area contributed by atoms with Crippen molar-refractivity contribution in [3.8, 4) is 17.2 Å². The number of rotatable bonds is 7. The summed E-state index contributed by atoms with van der Waals surface area (Å²) >= 11 is 0. The lowest BCUT2D eigenvalue weighted by atomic mass is 9.84. The molecule has 0 unspecified atom stereocenters. The molecule has 4 atom stereocenters. The minimum Gasteiger partial charge on any atom is -0.487 e. The monoisotopic (exact) mass is 552 g/mol. The van der Waals surface area contributed by atoms with Crippen molar-refractivity contribution < 1.29 is 42.4 Å². The first-order chi connectivity index (χ1) is 19.4. The van der Waals surface area contributed by atoms with Crippen molar-refractivity contribution in [2.45, 2.75) is 43.6 Å². The smallest absolute Gasteiger partial charge is 0.255 e. The number of halogens is 2. The Morgan fingerprint density at radius 2 is 1.80 bits per heavy atom. The van der Waals surface area contributed by atoms with Gasteiger partial charge in [0.15, 0.2) is 11.5 Å². The molecule has 9 nitrogen and oxygen atoms in total. The van der Waals surface area contributed by atoms with Crippen molar-refractivity contribution >= 4 is 17.5 Å². The van der Waals surface area contributed by atoms with Gasteiger partial charge in [-0.1, -0.05) is 0 Å². The van der Waals surface area contributed by atoms with Gasteiger partial charge in [-0.25, -0.2) is 8.78 Å². The van der Waals surface area contributed by atoms with E-state index in [0.717, 1.165) is 23.8 Å². The van der Waals surface area contributed by atoms with E-state index in [-0.39, 0.29) is 43.8 Å². The molecule has 1 fully saturated rings. The third-order valence-electron chi connectivity index (χ3n) is 7.29. The molecule has 3 heterocycles. The third kappa shape index (κ3) is 5.17. The number of anilines is 1. The van der Waals surface area contributed by atoms with E-state index >= 15 is 0 Å². The lowest BCUT2D eigenvalue weighted by molar-refractivity contribution is -0.142. The Balaban J connectivity index is 1.13. The number of amides is 2. The van der Waals surface area contributed by atoms with Crippen molar-refractivity contribution in [2.75, 3.05) is 18.7 Å². The Morgan fingerprint density at radius 3 is 2.65 bits per heavy atom. The molecule has 0 saturated carbocycles. The van der Waals surface area contributed by atoms with E-state index in [2.05, 4.69) is 10.6 Å². The van der Waals surface area contributed by atoms with Gasteiger partial charge < -0.3 is 34.7 Å². The zero-order valence-electron chi connectivity index (χ0n) is 21.2. The molecule has 11 heteroatoms. The van der Waals surface area contributed by atoms with Gasteiger partial charge in [-0.3, -0.25) is 9.59 Å². The largest absolute Gasteiger partial charge is 0.487 e. The molecule has 0 spiro atoms. The van der Waals surface area contributed by atoms with E-state index < -0.39 is 35.9 Å². The van der Waals surface area contributed by atoms with Crippen LogP contribution in [0.4, 0.5) is 14.5 Å². The SMILES string of the molecule is O=C(C[C@H]1C[C@H]2c3cc(NC(=O)c4ccc5c(c4)OCO5)ccc3O[C@H]2[C@H](CO)O1)NCc1cc(F)ccc1F. The Hall–Kier alpha value is -4.22. The molecule has 3 N–H and O–H groups in total. The van der Waals surface area contributed by atoms with E-state index in [1.54, 1.807) is 30.3 Å². The number of carbonyl (C=O) groups is 2. The normalized spacial score (nSPS) is 22.2. The van der Waals surface area contributed by atoms with Crippen LogP contribution in [0.2, 0.25) is 0 Å². The average Bonchev–Trinajstić information content (AvgIpc) is 3.57. The molecule has 0 bridgehead atoms. The van der Waals surface area contributed by atoms with Gasteiger partial charge in [0, 0.05) is 34.8 Å². The van der Waals surface area contributed by atoms with Crippen LogP contribution in [0.25, 0.3) is 0 Å². The summed E-state index contributed by atoms with van der Waals surface area (Å²) in [7, 11) is 0. The number of ether oxygens (including phenoxy) is 4. The molecule has 0 aliphatic carbocycles. The summed E-state index contributed by atoms with van der Waals surface area (Å²) in [5, 5.41) is 15.5. The second-order valence-corrected chi connectivity index (χ2v) is 9.90. The fraction of sp³-hybridized carbons (Fsp3) is 0.310. The Bertz CT molecular complexity index is 1470. The van der Waals surface area contributed by atoms with Crippen molar-refractivity contribution in [3.63, 3.8) is 0 Å². The predicted octanol–water partition coefficient (Wildman–Crippen LogP) is 3.65. The van der Waals surface area contributed by atoms with Crippen LogP contribution in [-0.4, -0.2) is 48.6 Å². The van der Waals surface area contributed by atoms with Crippen LogP contribution < -0.4 is 24.8 Å². The second kappa shape index (κ2) is 10.7. The summed E-state index contributed by atoms with van der Waals surface area (Å²) in [6, 6.07) is 13.3. The van der Waals surface area contributed by atoms with Crippen molar-refractivity contribution in [2.24, 2.45) is 0 Å². The quantitative estimate of drug-likeness (QED) is 0.410. The summed E-state index contributed by atoms with van der Waals surface area (Å²) in [4.78, 5) is 25.5. The van der Waals surface area contributed by atoms with Gasteiger partial charge in [-0.15, -0.1) is 0 Å². The molecule has 3 aromatic carbocycles. The van der Waals surface area contributed by atoms with Gasteiger partial charge in [0.1, 0.15) is 29.6 Å². The fourth-order valence-corrected chi connectivity index (χ4v) is 5.36. The highest BCUT2D eigenvalue weighted by atomic mass is 19.1. The van der Waals surface area contributed by atoms with Crippen LogP contribution in [0.1, 0.15) is 40.2 Å². The Kier molecular flexibility index (Phi) is 6.99. The molecular weight excluding hydrogens is 526 g/mol. The first-order valence-corrected chi connectivity index (χ1v) is 12.9. The summed E-state index contributed by atoms with van der Waals surface area (Å²) in [6.45, 7) is -0.362. The second-order valence-electron chi connectivity index (χ2n) is 9.90. The van der Waals surface area contributed by atoms with Crippen LogP contribution in [0.15, 0.2) is 54.6 Å². The van der Waals surface area contributed by atoms with Gasteiger partial charge in [-0.2, -0.15) is 0 Å². The van der Waals surface area contributed by atoms with Crippen LogP contribution in [0.3, 0.4) is 0 Å². The molecule has 6 rings (SSSR count). The standard InChI is InChI=1S/C29H26F2N2O7/c30-17-2-4-22(31)16(7-17)12-32-27(35)11-19-10-21-20-9-18(3-6-23(20)40-28(21)26(13-34)39-19)33-29(36)15-1-5-24-25(8-15)38-14-37-24/h1-9,19,21,26,28,34H,10-14H2,(H,32,35)(H,33,36)/t19-,21+,26+,28-/m1/s1. The minimum atomic E-state index is -0.670. The molecule has 3 aromatic rings. The average molecular weight is 553 g/mol. The highest BCUT2D eigenvalue weighted by Gasteiger charge is 2.46. The lowest BCUT2D eigenvalue weighted by Crippen LogP contribution is -2.47. The number of hydrogen-bond acceptors (Lipinski definition) is 7. The summed E-state index contributed by atoms with van der Waals surface area (Å²) in [5.74, 6) is -0.410. The van der Waals surface area contributed by atoms with Crippen LogP contribution in [0.5, 0.6) is 17.2 Å². The molecule has 40 heavy (non-hydrogen) atoms. The number of fused-ring (bicyclic) bond motifs is 4. The van der Waals surface area contributed by atoms with Crippen molar-refractivity contribution in [1.82, 2.24) is 5.32 Å². The summed E-state index contributed by atoms with van der Waals surface area (Å²) in [6.07, 6.45) is -1.28. The highest BCUT2D eigenvalue weighted by Crippen LogP contribution is 2.47. The van der Waals surface area contributed by atoms with E-state index in [4.69, 9.17) is 18.9 Å². The molecule has 0 aromatic heterocycles. The zero-order chi connectivity index (χ0) is 27.8. The number of carbonyl (C=O) groups excluding carboxylic acids is 2. The number of nitrogens with one attached hydrogen (secondary N) is 2. The maximum Gasteiger partial charge on any atom is 0.255 e.